The minimum atomic E-state index is -1.01. The van der Waals surface area contributed by atoms with Crippen LogP contribution in [0.3, 0.4) is 0 Å². The highest BCUT2D eigenvalue weighted by Crippen LogP contribution is 2.11. The quantitative estimate of drug-likeness (QED) is 0.225. The Morgan fingerprint density at radius 1 is 0.737 bits per heavy atom. The van der Waals surface area contributed by atoms with E-state index in [2.05, 4.69) is 5.32 Å². The van der Waals surface area contributed by atoms with Crippen molar-refractivity contribution in [1.29, 1.82) is 0 Å². The molecule has 1 amide bonds. The van der Waals surface area contributed by atoms with Gasteiger partial charge in [-0.15, -0.1) is 0 Å². The third-order valence-electron chi connectivity index (χ3n) is 6.46. The van der Waals surface area contributed by atoms with E-state index in [9.17, 15) is 34.5 Å². The fourth-order valence-electron chi connectivity index (χ4n) is 4.32. The predicted octanol–water partition coefficient (Wildman–Crippen LogP) is -1.33. The van der Waals surface area contributed by atoms with Crippen LogP contribution in [0.2, 0.25) is 0 Å². The van der Waals surface area contributed by atoms with E-state index in [-0.39, 0.29) is 38.1 Å². The summed E-state index contributed by atoms with van der Waals surface area (Å²) in [7, 11) is 0. The fraction of sp³-hybridized carbons (Fsp3) is 0.600. The molecule has 0 aromatic heterocycles. The average Bonchev–Trinajstić information content (AvgIpc) is 2.85. The number of nitrogens with two attached hydrogens (primary N) is 1. The molecule has 0 radical (unpaired) electrons. The number of hydrogen-bond acceptors (Lipinski definition) is 9. The summed E-state index contributed by atoms with van der Waals surface area (Å²) < 4.78 is 0. The molecule has 6 N–H and O–H groups in total. The van der Waals surface area contributed by atoms with Gasteiger partial charge in [-0.3, -0.25) is 38.8 Å². The smallest absolute Gasteiger partial charge is 0.317 e. The number of benzene rings is 1. The first-order valence-corrected chi connectivity index (χ1v) is 12.7. The Morgan fingerprint density at radius 2 is 1.11 bits per heavy atom. The van der Waals surface area contributed by atoms with Crippen molar-refractivity contribution in [2.45, 2.75) is 19.0 Å². The van der Waals surface area contributed by atoms with E-state index in [1.54, 1.807) is 14.7 Å². The molecule has 13 heteroatoms. The summed E-state index contributed by atoms with van der Waals surface area (Å²) in [5.74, 6) is -3.31. The van der Waals surface area contributed by atoms with Crippen LogP contribution in [-0.4, -0.2) is 143 Å². The van der Waals surface area contributed by atoms with E-state index in [0.29, 0.717) is 52.4 Å². The first kappa shape index (κ1) is 31.1. The number of aliphatic carboxylic acids is 3. The van der Waals surface area contributed by atoms with Gasteiger partial charge in [0.05, 0.1) is 31.7 Å². The van der Waals surface area contributed by atoms with Gasteiger partial charge in [0.15, 0.2) is 0 Å². The van der Waals surface area contributed by atoms with Gasteiger partial charge in [0.2, 0.25) is 5.91 Å². The summed E-state index contributed by atoms with van der Waals surface area (Å²) in [6.07, 6.45) is 0. The number of rotatable bonds is 11. The van der Waals surface area contributed by atoms with Crippen LogP contribution in [0, 0.1) is 0 Å². The number of carboxylic acid groups (broad SMARTS) is 3. The van der Waals surface area contributed by atoms with Gasteiger partial charge < -0.3 is 26.4 Å². The van der Waals surface area contributed by atoms with Gasteiger partial charge in [-0.25, -0.2) is 0 Å². The molecule has 1 aliphatic heterocycles. The Bertz CT molecular complexity index is 887. The van der Waals surface area contributed by atoms with Crippen molar-refractivity contribution in [2.24, 2.45) is 5.73 Å². The summed E-state index contributed by atoms with van der Waals surface area (Å²) in [6.45, 7) is 4.27. The summed E-state index contributed by atoms with van der Waals surface area (Å²) >= 11 is 0. The van der Waals surface area contributed by atoms with Crippen molar-refractivity contribution >= 4 is 23.8 Å². The monoisotopic (exact) mass is 536 g/mol. The Balaban J connectivity index is 2.10. The topological polar surface area (TPSA) is 180 Å². The van der Waals surface area contributed by atoms with Crippen LogP contribution in [0.15, 0.2) is 30.3 Å². The van der Waals surface area contributed by atoms with Gasteiger partial charge in [0.25, 0.3) is 0 Å². The molecule has 1 unspecified atom stereocenters. The van der Waals surface area contributed by atoms with Crippen LogP contribution in [0.1, 0.15) is 18.5 Å². The van der Waals surface area contributed by atoms with Crippen molar-refractivity contribution in [3.63, 3.8) is 0 Å². The standard InChI is InChI=1S/C25H40N6O7/c1-19(20-5-3-2-4-6-20)27-25(38)21(26)15-28-7-9-29(16-22(32)33)11-13-31(18-24(36)37)14-12-30(10-8-28)17-23(34)35/h2-6,19,21H,7-18,26H2,1H3,(H,27,38)(H,32,33)(H,34,35)(H,36,37)/t19-,21?/m0/s1. The zero-order valence-electron chi connectivity index (χ0n) is 21.9. The zero-order valence-corrected chi connectivity index (χ0v) is 21.9. The lowest BCUT2D eigenvalue weighted by atomic mass is 10.1. The van der Waals surface area contributed by atoms with Gasteiger partial charge >= 0.3 is 17.9 Å². The summed E-state index contributed by atoms with van der Waals surface area (Å²) in [5, 5.41) is 30.9. The molecular formula is C25H40N6O7. The molecule has 2 atom stereocenters. The van der Waals surface area contributed by atoms with Crippen molar-refractivity contribution in [3.8, 4) is 0 Å². The Kier molecular flexibility index (Phi) is 13.1. The Morgan fingerprint density at radius 3 is 1.47 bits per heavy atom. The average molecular weight is 537 g/mol. The van der Waals surface area contributed by atoms with Crippen LogP contribution in [0.5, 0.6) is 0 Å². The van der Waals surface area contributed by atoms with Gasteiger partial charge in [0, 0.05) is 58.9 Å². The van der Waals surface area contributed by atoms with Gasteiger partial charge in [-0.1, -0.05) is 30.3 Å². The first-order chi connectivity index (χ1) is 18.0. The normalized spacial score (nSPS) is 19.0. The molecule has 13 nitrogen and oxygen atoms in total. The van der Waals surface area contributed by atoms with E-state index < -0.39 is 23.9 Å². The van der Waals surface area contributed by atoms with Gasteiger partial charge in [-0.05, 0) is 12.5 Å². The SMILES string of the molecule is C[C@H](NC(=O)C(N)CN1CCN(CC(=O)O)CCN(CC(=O)O)CCN(CC(=O)O)CC1)c1ccccc1. The number of amides is 1. The molecule has 1 saturated heterocycles. The minimum Gasteiger partial charge on any atom is -0.480 e. The molecule has 1 aliphatic rings. The van der Waals surface area contributed by atoms with Crippen molar-refractivity contribution in [2.75, 3.05) is 78.5 Å². The highest BCUT2D eigenvalue weighted by atomic mass is 16.4. The number of carbonyl (C=O) groups is 4. The number of nitrogens with one attached hydrogen (secondary N) is 1. The van der Waals surface area contributed by atoms with Crippen LogP contribution in [0.4, 0.5) is 0 Å². The first-order valence-electron chi connectivity index (χ1n) is 12.7. The van der Waals surface area contributed by atoms with E-state index in [1.165, 1.54) is 0 Å². The van der Waals surface area contributed by atoms with Crippen LogP contribution >= 0.6 is 0 Å². The summed E-state index contributed by atoms with van der Waals surface area (Å²) in [6, 6.07) is 8.43. The lowest BCUT2D eigenvalue weighted by molar-refractivity contribution is -0.140. The third-order valence-corrected chi connectivity index (χ3v) is 6.46. The van der Waals surface area contributed by atoms with Crippen LogP contribution in [-0.2, 0) is 19.2 Å². The number of carbonyl (C=O) groups excluding carboxylic acids is 1. The number of nitrogens with zero attached hydrogens (tertiary/aromatic N) is 4. The summed E-state index contributed by atoms with van der Waals surface area (Å²) in [5.41, 5.74) is 7.20. The number of hydrogen-bond donors (Lipinski definition) is 5. The largest absolute Gasteiger partial charge is 0.480 e. The highest BCUT2D eigenvalue weighted by molar-refractivity contribution is 5.82. The highest BCUT2D eigenvalue weighted by Gasteiger charge is 2.23. The molecular weight excluding hydrogens is 496 g/mol. The second kappa shape index (κ2) is 16.0. The lowest BCUT2D eigenvalue weighted by Crippen LogP contribution is -2.52. The second-order valence-corrected chi connectivity index (χ2v) is 9.56. The molecule has 1 fully saturated rings. The predicted molar refractivity (Wildman–Crippen MR) is 140 cm³/mol. The molecule has 1 aromatic carbocycles. The van der Waals surface area contributed by atoms with Crippen molar-refractivity contribution < 1.29 is 34.5 Å². The van der Waals surface area contributed by atoms with E-state index in [0.717, 1.165) is 5.56 Å². The maximum absolute atomic E-state index is 12.8. The Hall–Kier alpha value is -3.10. The molecule has 1 aromatic rings. The molecule has 0 bridgehead atoms. The minimum absolute atomic E-state index is 0.207. The second-order valence-electron chi connectivity index (χ2n) is 9.56. The lowest BCUT2D eigenvalue weighted by Gasteiger charge is -2.33. The summed E-state index contributed by atoms with van der Waals surface area (Å²) in [4.78, 5) is 54.0. The van der Waals surface area contributed by atoms with Crippen LogP contribution in [0.25, 0.3) is 0 Å². The maximum Gasteiger partial charge on any atom is 0.317 e. The molecule has 38 heavy (non-hydrogen) atoms. The molecule has 0 spiro atoms. The number of carboxylic acids is 3. The Labute approximate surface area is 222 Å². The van der Waals surface area contributed by atoms with Crippen LogP contribution < -0.4 is 11.1 Å². The molecule has 2 rings (SSSR count). The van der Waals surface area contributed by atoms with Crippen molar-refractivity contribution in [1.82, 2.24) is 24.9 Å². The molecule has 1 heterocycles. The van der Waals surface area contributed by atoms with Crippen molar-refractivity contribution in [3.05, 3.63) is 35.9 Å². The van der Waals surface area contributed by atoms with Gasteiger partial charge in [0.1, 0.15) is 0 Å². The zero-order chi connectivity index (χ0) is 28.1. The van der Waals surface area contributed by atoms with E-state index >= 15 is 0 Å². The molecule has 0 saturated carbocycles. The fourth-order valence-corrected chi connectivity index (χ4v) is 4.32. The van der Waals surface area contributed by atoms with E-state index in [4.69, 9.17) is 5.73 Å². The molecule has 0 aliphatic carbocycles. The molecule has 212 valence electrons. The van der Waals surface area contributed by atoms with E-state index in [1.807, 2.05) is 42.2 Å². The third kappa shape index (κ3) is 12.0. The van der Waals surface area contributed by atoms with Gasteiger partial charge in [-0.2, -0.15) is 0 Å². The maximum atomic E-state index is 12.8.